The van der Waals surface area contributed by atoms with Crippen LogP contribution >= 0.6 is 15.9 Å². The molecule has 1 aliphatic heterocycles. The Labute approximate surface area is 149 Å². The van der Waals surface area contributed by atoms with Crippen molar-refractivity contribution in [1.82, 2.24) is 24.1 Å². The van der Waals surface area contributed by atoms with E-state index in [2.05, 4.69) is 53.8 Å². The van der Waals surface area contributed by atoms with Gasteiger partial charge >= 0.3 is 0 Å². The van der Waals surface area contributed by atoms with Gasteiger partial charge in [-0.3, -0.25) is 4.90 Å². The number of fused-ring (bicyclic) bond motifs is 1. The quantitative estimate of drug-likeness (QED) is 0.672. The van der Waals surface area contributed by atoms with Gasteiger partial charge in [-0.1, -0.05) is 0 Å². The van der Waals surface area contributed by atoms with Crippen molar-refractivity contribution < 1.29 is 4.74 Å². The number of nitrogens with zero attached hydrogens (tertiary/aromatic N) is 5. The van der Waals surface area contributed by atoms with E-state index in [-0.39, 0.29) is 0 Å². The van der Waals surface area contributed by atoms with Crippen molar-refractivity contribution >= 4 is 21.4 Å². The van der Waals surface area contributed by atoms with E-state index in [1.165, 1.54) is 0 Å². The Hall–Kier alpha value is -1.70. The van der Waals surface area contributed by atoms with Crippen LogP contribution in [0.1, 0.15) is 6.42 Å². The summed E-state index contributed by atoms with van der Waals surface area (Å²) in [5.74, 6) is 0. The normalized spacial score (nSPS) is 16.0. The molecule has 0 amide bonds. The van der Waals surface area contributed by atoms with E-state index in [0.29, 0.717) is 0 Å². The van der Waals surface area contributed by atoms with E-state index in [1.54, 1.807) is 0 Å². The fourth-order valence-corrected chi connectivity index (χ4v) is 3.44. The fourth-order valence-electron chi connectivity index (χ4n) is 3.04. The second-order valence-corrected chi connectivity index (χ2v) is 6.90. The maximum atomic E-state index is 5.38. The first-order valence-corrected chi connectivity index (χ1v) is 9.04. The Morgan fingerprint density at radius 2 is 2.00 bits per heavy atom. The van der Waals surface area contributed by atoms with E-state index in [1.807, 2.05) is 23.2 Å². The molecule has 0 spiro atoms. The van der Waals surface area contributed by atoms with Gasteiger partial charge in [0.15, 0.2) is 0 Å². The topological polar surface area (TPSA) is 47.6 Å². The van der Waals surface area contributed by atoms with Crippen LogP contribution in [0.25, 0.3) is 16.8 Å². The Balaban J connectivity index is 1.39. The lowest BCUT2D eigenvalue weighted by molar-refractivity contribution is 0.0369. The number of imidazole rings is 1. The first-order valence-electron chi connectivity index (χ1n) is 8.25. The van der Waals surface area contributed by atoms with Gasteiger partial charge in [-0.2, -0.15) is 5.10 Å². The summed E-state index contributed by atoms with van der Waals surface area (Å²) in [6, 6.07) is 4.14. The van der Waals surface area contributed by atoms with Gasteiger partial charge in [-0.05, 0) is 34.5 Å². The van der Waals surface area contributed by atoms with Gasteiger partial charge in [0.05, 0.1) is 41.4 Å². The smallest absolute Gasteiger partial charge is 0.0953 e. The summed E-state index contributed by atoms with van der Waals surface area (Å²) in [4.78, 5) is 7.01. The van der Waals surface area contributed by atoms with E-state index < -0.39 is 0 Å². The second kappa shape index (κ2) is 7.04. The lowest BCUT2D eigenvalue weighted by atomic mass is 10.2. The van der Waals surface area contributed by atoms with E-state index in [9.17, 15) is 0 Å². The van der Waals surface area contributed by atoms with Crippen molar-refractivity contribution in [2.45, 2.75) is 13.0 Å². The van der Waals surface area contributed by atoms with Gasteiger partial charge in [-0.15, -0.1) is 0 Å². The van der Waals surface area contributed by atoms with Crippen LogP contribution in [0, 0.1) is 0 Å². The zero-order valence-corrected chi connectivity index (χ0v) is 15.0. The lowest BCUT2D eigenvalue weighted by Crippen LogP contribution is -2.37. The third-order valence-corrected chi connectivity index (χ3v) is 5.00. The number of pyridine rings is 1. The monoisotopic (exact) mass is 389 g/mol. The molecule has 0 bridgehead atoms. The Morgan fingerprint density at radius 3 is 2.88 bits per heavy atom. The minimum atomic E-state index is 0.862. The molecule has 0 saturated carbocycles. The van der Waals surface area contributed by atoms with Crippen molar-refractivity contribution in [2.75, 3.05) is 32.8 Å². The van der Waals surface area contributed by atoms with Crippen molar-refractivity contribution in [3.63, 3.8) is 0 Å². The molecule has 0 N–H and O–H groups in total. The van der Waals surface area contributed by atoms with Crippen LogP contribution in [-0.4, -0.2) is 56.9 Å². The highest BCUT2D eigenvalue weighted by atomic mass is 79.9. The molecular formula is C17H20BrN5O. The fraction of sp³-hybridized carbons (Fsp3) is 0.412. The van der Waals surface area contributed by atoms with Gasteiger partial charge < -0.3 is 9.30 Å². The summed E-state index contributed by atoms with van der Waals surface area (Å²) in [5.41, 5.74) is 3.11. The van der Waals surface area contributed by atoms with Crippen molar-refractivity contribution in [1.29, 1.82) is 0 Å². The Kier molecular flexibility index (Phi) is 4.64. The van der Waals surface area contributed by atoms with Gasteiger partial charge in [-0.25, -0.2) is 9.50 Å². The summed E-state index contributed by atoms with van der Waals surface area (Å²) >= 11 is 3.50. The third kappa shape index (κ3) is 3.38. The highest BCUT2D eigenvalue weighted by molar-refractivity contribution is 9.10. The molecule has 7 heteroatoms. The van der Waals surface area contributed by atoms with E-state index in [4.69, 9.17) is 4.74 Å². The summed E-state index contributed by atoms with van der Waals surface area (Å²) in [6.07, 6.45) is 8.97. The number of hydrogen-bond donors (Lipinski definition) is 0. The van der Waals surface area contributed by atoms with Crippen LogP contribution in [0.15, 0.2) is 41.5 Å². The Bertz CT molecular complexity index is 821. The number of halogens is 1. The molecule has 0 aromatic carbocycles. The van der Waals surface area contributed by atoms with E-state index >= 15 is 0 Å². The van der Waals surface area contributed by atoms with Crippen LogP contribution in [-0.2, 0) is 11.3 Å². The number of morpholine rings is 1. The van der Waals surface area contributed by atoms with Gasteiger partial charge in [0, 0.05) is 44.1 Å². The number of ether oxygens (including phenoxy) is 1. The largest absolute Gasteiger partial charge is 0.379 e. The van der Waals surface area contributed by atoms with Crippen molar-refractivity contribution in [3.05, 3.63) is 41.5 Å². The molecule has 1 fully saturated rings. The first kappa shape index (κ1) is 15.8. The molecule has 126 valence electrons. The van der Waals surface area contributed by atoms with Crippen molar-refractivity contribution in [2.24, 2.45) is 0 Å². The number of aromatic nitrogens is 4. The molecule has 0 radical (unpaired) electrons. The van der Waals surface area contributed by atoms with Gasteiger partial charge in [0.2, 0.25) is 0 Å². The SMILES string of the molecule is Brc1cnn2cc(-c3cn(CCCN4CCOCC4)cn3)ccc12. The minimum absolute atomic E-state index is 0.862. The molecule has 3 aromatic rings. The molecule has 0 atom stereocenters. The van der Waals surface area contributed by atoms with Gasteiger partial charge in [0.1, 0.15) is 0 Å². The number of hydrogen-bond acceptors (Lipinski definition) is 4. The lowest BCUT2D eigenvalue weighted by Gasteiger charge is -2.26. The zero-order valence-electron chi connectivity index (χ0n) is 13.4. The van der Waals surface area contributed by atoms with E-state index in [0.717, 1.165) is 67.1 Å². The summed E-state index contributed by atoms with van der Waals surface area (Å²) in [7, 11) is 0. The highest BCUT2D eigenvalue weighted by Gasteiger charge is 2.10. The molecule has 6 nitrogen and oxygen atoms in total. The molecule has 4 rings (SSSR count). The predicted molar refractivity (Wildman–Crippen MR) is 96.0 cm³/mol. The van der Waals surface area contributed by atoms with Crippen LogP contribution in [0.3, 0.4) is 0 Å². The maximum Gasteiger partial charge on any atom is 0.0953 e. The average molecular weight is 390 g/mol. The summed E-state index contributed by atoms with van der Waals surface area (Å²) in [6.45, 7) is 5.93. The third-order valence-electron chi connectivity index (χ3n) is 4.39. The summed E-state index contributed by atoms with van der Waals surface area (Å²) in [5, 5.41) is 4.33. The summed E-state index contributed by atoms with van der Waals surface area (Å²) < 4.78 is 10.4. The Morgan fingerprint density at radius 1 is 1.12 bits per heavy atom. The standard InChI is InChI=1S/C17H20BrN5O/c18-15-10-20-23-11-14(2-3-17(15)23)16-12-22(13-19-16)5-1-4-21-6-8-24-9-7-21/h2-3,10-13H,1,4-9H2. The molecule has 0 unspecified atom stereocenters. The zero-order chi connectivity index (χ0) is 16.4. The number of aryl methyl sites for hydroxylation is 1. The first-order chi connectivity index (χ1) is 11.8. The number of rotatable bonds is 5. The van der Waals surface area contributed by atoms with Gasteiger partial charge in [0.25, 0.3) is 0 Å². The predicted octanol–water partition coefficient (Wildman–Crippen LogP) is 2.68. The highest BCUT2D eigenvalue weighted by Crippen LogP contribution is 2.22. The minimum Gasteiger partial charge on any atom is -0.379 e. The average Bonchev–Trinajstić information content (AvgIpc) is 3.23. The molecule has 4 heterocycles. The maximum absolute atomic E-state index is 5.38. The molecule has 3 aromatic heterocycles. The molecule has 24 heavy (non-hydrogen) atoms. The molecule has 1 saturated heterocycles. The van der Waals surface area contributed by atoms with Crippen molar-refractivity contribution in [3.8, 4) is 11.3 Å². The van der Waals surface area contributed by atoms with Crippen LogP contribution < -0.4 is 0 Å². The second-order valence-electron chi connectivity index (χ2n) is 6.04. The van der Waals surface area contributed by atoms with Crippen LogP contribution in [0.2, 0.25) is 0 Å². The van der Waals surface area contributed by atoms with Crippen LogP contribution in [0.5, 0.6) is 0 Å². The van der Waals surface area contributed by atoms with Crippen LogP contribution in [0.4, 0.5) is 0 Å². The molecular weight excluding hydrogens is 370 g/mol. The molecule has 1 aliphatic rings. The molecule has 0 aliphatic carbocycles.